The molecule has 118 valence electrons. The van der Waals surface area contributed by atoms with Crippen LogP contribution in [0.4, 0.5) is 0 Å². The van der Waals surface area contributed by atoms with E-state index in [0.29, 0.717) is 24.0 Å². The van der Waals surface area contributed by atoms with Gasteiger partial charge in [-0.05, 0) is 51.6 Å². The summed E-state index contributed by atoms with van der Waals surface area (Å²) in [7, 11) is 0.707. The normalized spacial score (nSPS) is 19.9. The number of piperidine rings is 1. The van der Waals surface area contributed by atoms with Crippen molar-refractivity contribution in [3.63, 3.8) is 0 Å². The zero-order valence-electron chi connectivity index (χ0n) is 13.0. The van der Waals surface area contributed by atoms with Crippen molar-refractivity contribution in [2.75, 3.05) is 27.2 Å². The van der Waals surface area contributed by atoms with Crippen molar-refractivity contribution in [3.8, 4) is 0 Å². The predicted molar refractivity (Wildman–Crippen MR) is 84.5 cm³/mol. The Balaban J connectivity index is 2.12. The first-order valence-electron chi connectivity index (χ1n) is 7.34. The van der Waals surface area contributed by atoms with Gasteiger partial charge in [0.15, 0.2) is 0 Å². The second-order valence-corrected chi connectivity index (χ2v) is 7.89. The molecule has 6 heteroatoms. The highest BCUT2D eigenvalue weighted by atomic mass is 32.2. The van der Waals surface area contributed by atoms with E-state index in [9.17, 15) is 8.42 Å². The number of nitrogens with zero attached hydrogens (tertiary/aromatic N) is 2. The molecule has 1 heterocycles. The number of rotatable bonds is 4. The summed E-state index contributed by atoms with van der Waals surface area (Å²) in [5.74, 6) is 0. The third kappa shape index (κ3) is 3.63. The minimum Gasteiger partial charge on any atom is -0.324 e. The second-order valence-electron chi connectivity index (χ2n) is 5.96. The van der Waals surface area contributed by atoms with Crippen LogP contribution in [0.25, 0.3) is 0 Å². The monoisotopic (exact) mass is 311 g/mol. The number of hydrogen-bond donors (Lipinski definition) is 1. The Bertz CT molecular complexity index is 559. The molecule has 1 fully saturated rings. The lowest BCUT2D eigenvalue weighted by Gasteiger charge is -2.34. The van der Waals surface area contributed by atoms with Crippen molar-refractivity contribution in [3.05, 3.63) is 29.8 Å². The lowest BCUT2D eigenvalue weighted by molar-refractivity contribution is 0.196. The van der Waals surface area contributed by atoms with Gasteiger partial charge in [0.05, 0.1) is 4.90 Å². The Morgan fingerprint density at radius 2 is 1.71 bits per heavy atom. The average molecular weight is 311 g/mol. The summed E-state index contributed by atoms with van der Waals surface area (Å²) < 4.78 is 26.8. The summed E-state index contributed by atoms with van der Waals surface area (Å²) >= 11 is 0. The molecule has 1 aliphatic rings. The van der Waals surface area contributed by atoms with Gasteiger partial charge in [-0.3, -0.25) is 0 Å². The highest BCUT2D eigenvalue weighted by molar-refractivity contribution is 7.89. The molecule has 0 aromatic heterocycles. The molecule has 2 N–H and O–H groups in total. The van der Waals surface area contributed by atoms with Gasteiger partial charge in [0, 0.05) is 25.2 Å². The van der Waals surface area contributed by atoms with Gasteiger partial charge in [0.25, 0.3) is 0 Å². The van der Waals surface area contributed by atoms with E-state index >= 15 is 0 Å². The molecule has 0 saturated carbocycles. The molecule has 0 radical (unpaired) electrons. The van der Waals surface area contributed by atoms with E-state index in [4.69, 9.17) is 5.73 Å². The molecule has 1 aromatic carbocycles. The number of benzene rings is 1. The molecule has 0 spiro atoms. The lowest BCUT2D eigenvalue weighted by atomic mass is 10.1. The van der Waals surface area contributed by atoms with Gasteiger partial charge in [-0.1, -0.05) is 12.1 Å². The maximum Gasteiger partial charge on any atom is 0.243 e. The van der Waals surface area contributed by atoms with Gasteiger partial charge in [-0.15, -0.1) is 0 Å². The zero-order valence-corrected chi connectivity index (χ0v) is 13.8. The van der Waals surface area contributed by atoms with Crippen molar-refractivity contribution in [2.45, 2.75) is 36.7 Å². The van der Waals surface area contributed by atoms with Crippen LogP contribution < -0.4 is 5.73 Å². The first-order valence-corrected chi connectivity index (χ1v) is 8.78. The first kappa shape index (κ1) is 16.4. The first-order chi connectivity index (χ1) is 9.82. The van der Waals surface area contributed by atoms with Crippen LogP contribution in [-0.2, 0) is 10.0 Å². The molecule has 2 rings (SSSR count). The molecular weight excluding hydrogens is 286 g/mol. The smallest absolute Gasteiger partial charge is 0.243 e. The van der Waals surface area contributed by atoms with Crippen molar-refractivity contribution in [1.29, 1.82) is 0 Å². The van der Waals surface area contributed by atoms with Crippen LogP contribution in [-0.4, -0.2) is 50.8 Å². The molecule has 1 unspecified atom stereocenters. The van der Waals surface area contributed by atoms with Gasteiger partial charge < -0.3 is 10.6 Å². The van der Waals surface area contributed by atoms with Gasteiger partial charge in [-0.25, -0.2) is 8.42 Å². The SMILES string of the molecule is CC(N)c1ccc(S(=O)(=O)N2CCC(N(C)C)CC2)cc1. The van der Waals surface area contributed by atoms with Crippen LogP contribution in [0, 0.1) is 0 Å². The van der Waals surface area contributed by atoms with Crippen molar-refractivity contribution in [1.82, 2.24) is 9.21 Å². The molecular formula is C15H25N3O2S. The number of sulfonamides is 1. The molecule has 0 bridgehead atoms. The van der Waals surface area contributed by atoms with Crippen LogP contribution in [0.1, 0.15) is 31.4 Å². The predicted octanol–water partition coefficient (Wildman–Crippen LogP) is 1.42. The maximum absolute atomic E-state index is 12.6. The number of hydrogen-bond acceptors (Lipinski definition) is 4. The Morgan fingerprint density at radius 1 is 1.19 bits per heavy atom. The van der Waals surface area contributed by atoms with Crippen LogP contribution >= 0.6 is 0 Å². The van der Waals surface area contributed by atoms with E-state index in [1.54, 1.807) is 28.6 Å². The molecule has 0 aliphatic carbocycles. The fourth-order valence-electron chi connectivity index (χ4n) is 2.69. The van der Waals surface area contributed by atoms with Crippen LogP contribution in [0.3, 0.4) is 0 Å². The molecule has 1 atom stereocenters. The minimum atomic E-state index is -3.38. The largest absolute Gasteiger partial charge is 0.324 e. The van der Waals surface area contributed by atoms with E-state index in [0.717, 1.165) is 18.4 Å². The molecule has 1 aliphatic heterocycles. The quantitative estimate of drug-likeness (QED) is 0.913. The molecule has 1 aromatic rings. The molecule has 5 nitrogen and oxygen atoms in total. The molecule has 1 saturated heterocycles. The fraction of sp³-hybridized carbons (Fsp3) is 0.600. The van der Waals surface area contributed by atoms with Crippen molar-refractivity contribution < 1.29 is 8.42 Å². The average Bonchev–Trinajstić information content (AvgIpc) is 2.47. The highest BCUT2D eigenvalue weighted by Gasteiger charge is 2.29. The third-order valence-corrected chi connectivity index (χ3v) is 6.11. The topological polar surface area (TPSA) is 66.6 Å². The highest BCUT2D eigenvalue weighted by Crippen LogP contribution is 2.23. The van der Waals surface area contributed by atoms with E-state index in [1.807, 2.05) is 21.0 Å². The van der Waals surface area contributed by atoms with E-state index in [1.165, 1.54) is 0 Å². The van der Waals surface area contributed by atoms with Gasteiger partial charge in [-0.2, -0.15) is 4.31 Å². The Kier molecular flexibility index (Phi) is 5.03. The Morgan fingerprint density at radius 3 is 2.14 bits per heavy atom. The van der Waals surface area contributed by atoms with Crippen LogP contribution in [0.5, 0.6) is 0 Å². The fourth-order valence-corrected chi connectivity index (χ4v) is 4.16. The van der Waals surface area contributed by atoms with Crippen molar-refractivity contribution >= 4 is 10.0 Å². The van der Waals surface area contributed by atoms with E-state index < -0.39 is 10.0 Å². The summed E-state index contributed by atoms with van der Waals surface area (Å²) in [5, 5.41) is 0. The van der Waals surface area contributed by atoms with Gasteiger partial charge >= 0.3 is 0 Å². The third-order valence-electron chi connectivity index (χ3n) is 4.20. The summed E-state index contributed by atoms with van der Waals surface area (Å²) in [6.45, 7) is 3.05. The van der Waals surface area contributed by atoms with Gasteiger partial charge in [0.1, 0.15) is 0 Å². The minimum absolute atomic E-state index is 0.0856. The standard InChI is InChI=1S/C15H25N3O2S/c1-12(16)13-4-6-15(7-5-13)21(19,20)18-10-8-14(9-11-18)17(2)3/h4-7,12,14H,8-11,16H2,1-3H3. The van der Waals surface area contributed by atoms with Crippen LogP contribution in [0.15, 0.2) is 29.2 Å². The van der Waals surface area contributed by atoms with Crippen LogP contribution in [0.2, 0.25) is 0 Å². The zero-order chi connectivity index (χ0) is 15.6. The van der Waals surface area contributed by atoms with Gasteiger partial charge in [0.2, 0.25) is 10.0 Å². The summed E-state index contributed by atoms with van der Waals surface area (Å²) in [4.78, 5) is 2.52. The van der Waals surface area contributed by atoms with E-state index in [-0.39, 0.29) is 6.04 Å². The van der Waals surface area contributed by atoms with Crippen molar-refractivity contribution in [2.24, 2.45) is 5.73 Å². The molecule has 21 heavy (non-hydrogen) atoms. The summed E-state index contributed by atoms with van der Waals surface area (Å²) in [6.07, 6.45) is 1.76. The Labute approximate surface area is 127 Å². The maximum atomic E-state index is 12.6. The lowest BCUT2D eigenvalue weighted by Crippen LogP contribution is -2.44. The second kappa shape index (κ2) is 6.44. The number of nitrogens with two attached hydrogens (primary N) is 1. The Hall–Kier alpha value is -0.950. The summed E-state index contributed by atoms with van der Waals surface area (Å²) in [6, 6.07) is 7.29. The van der Waals surface area contributed by atoms with E-state index in [2.05, 4.69) is 4.90 Å². The molecule has 0 amide bonds. The summed E-state index contributed by atoms with van der Waals surface area (Å²) in [5.41, 5.74) is 6.74.